The third-order valence-electron chi connectivity index (χ3n) is 5.59. The van der Waals surface area contributed by atoms with Crippen LogP contribution in [0.15, 0.2) is 64.5 Å². The summed E-state index contributed by atoms with van der Waals surface area (Å²) in [6, 6.07) is 15.4. The van der Waals surface area contributed by atoms with Crippen LogP contribution in [0.4, 0.5) is 4.39 Å². The largest absolute Gasteiger partial charge is 0.493 e. The van der Waals surface area contributed by atoms with Gasteiger partial charge < -0.3 is 29.4 Å². The van der Waals surface area contributed by atoms with Crippen molar-refractivity contribution in [3.05, 3.63) is 87.0 Å². The van der Waals surface area contributed by atoms with Crippen LogP contribution < -0.4 is 29.4 Å². The highest BCUT2D eigenvalue weighted by molar-refractivity contribution is 9.10. The molecule has 2 heterocycles. The van der Waals surface area contributed by atoms with Gasteiger partial charge in [-0.15, -0.1) is 0 Å². The molecule has 2 N–H and O–H groups in total. The molecule has 0 radical (unpaired) electrons. The molecule has 0 aliphatic carbocycles. The van der Waals surface area contributed by atoms with Crippen LogP contribution in [-0.4, -0.2) is 13.9 Å². The van der Waals surface area contributed by atoms with E-state index >= 15 is 0 Å². The monoisotopic (exact) mass is 524 g/mol. The van der Waals surface area contributed by atoms with Crippen LogP contribution in [-0.2, 0) is 6.61 Å². The Bertz CT molecular complexity index is 1350. The average molecular weight is 525 g/mol. The number of nitrogens with two attached hydrogens (primary N) is 1. The Morgan fingerprint density at radius 3 is 2.56 bits per heavy atom. The molecule has 0 saturated heterocycles. The van der Waals surface area contributed by atoms with E-state index in [1.807, 2.05) is 6.07 Å². The SMILES string of the molecule is COc1cc([C@H]2C(C#N)=C(N)Oc3cc4c(cc32)OCO4)cc(Br)c1OCc1ccc(F)cc1. The van der Waals surface area contributed by atoms with Crippen molar-refractivity contribution < 1.29 is 28.1 Å². The molecule has 5 rings (SSSR count). The van der Waals surface area contributed by atoms with E-state index in [9.17, 15) is 9.65 Å². The number of allylic oxidation sites excluding steroid dienone is 1. The van der Waals surface area contributed by atoms with E-state index in [4.69, 9.17) is 29.4 Å². The van der Waals surface area contributed by atoms with Crippen LogP contribution in [0, 0.1) is 17.1 Å². The summed E-state index contributed by atoms with van der Waals surface area (Å²) >= 11 is 3.57. The quantitative estimate of drug-likeness (QED) is 0.494. The van der Waals surface area contributed by atoms with Gasteiger partial charge in [0.05, 0.1) is 17.5 Å². The Morgan fingerprint density at radius 2 is 1.85 bits per heavy atom. The molecule has 0 unspecified atom stereocenters. The molecular formula is C25H18BrFN2O5. The molecule has 0 bridgehead atoms. The number of ether oxygens (including phenoxy) is 5. The van der Waals surface area contributed by atoms with E-state index < -0.39 is 5.92 Å². The molecule has 0 fully saturated rings. The summed E-state index contributed by atoms with van der Waals surface area (Å²) in [7, 11) is 1.53. The van der Waals surface area contributed by atoms with E-state index in [1.165, 1.54) is 19.2 Å². The number of benzene rings is 3. The van der Waals surface area contributed by atoms with Crippen molar-refractivity contribution in [2.45, 2.75) is 12.5 Å². The van der Waals surface area contributed by atoms with Crippen molar-refractivity contribution >= 4 is 15.9 Å². The summed E-state index contributed by atoms with van der Waals surface area (Å²) in [5.41, 5.74) is 8.62. The summed E-state index contributed by atoms with van der Waals surface area (Å²) in [6.07, 6.45) is 0. The lowest BCUT2D eigenvalue weighted by Gasteiger charge is -2.27. The molecule has 3 aromatic rings. The molecular weight excluding hydrogens is 507 g/mol. The molecule has 0 aromatic heterocycles. The number of hydrogen-bond acceptors (Lipinski definition) is 7. The number of rotatable bonds is 5. The second-order valence-corrected chi connectivity index (χ2v) is 8.47. The van der Waals surface area contributed by atoms with E-state index in [1.54, 1.807) is 30.3 Å². The zero-order chi connectivity index (χ0) is 23.8. The first-order valence-electron chi connectivity index (χ1n) is 10.2. The maximum absolute atomic E-state index is 13.2. The normalized spacial score (nSPS) is 15.9. The van der Waals surface area contributed by atoms with Gasteiger partial charge in [-0.3, -0.25) is 0 Å². The van der Waals surface area contributed by atoms with Gasteiger partial charge in [-0.1, -0.05) is 12.1 Å². The first-order chi connectivity index (χ1) is 16.5. The fourth-order valence-electron chi connectivity index (χ4n) is 3.97. The minimum absolute atomic E-state index is 0.0191. The van der Waals surface area contributed by atoms with Crippen LogP contribution in [0.25, 0.3) is 0 Å². The predicted molar refractivity (Wildman–Crippen MR) is 123 cm³/mol. The fraction of sp³-hybridized carbons (Fsp3) is 0.160. The first-order valence-corrected chi connectivity index (χ1v) is 11.0. The molecule has 0 spiro atoms. The second-order valence-electron chi connectivity index (χ2n) is 7.62. The molecule has 0 saturated carbocycles. The fourth-order valence-corrected chi connectivity index (χ4v) is 4.55. The van der Waals surface area contributed by atoms with Crippen LogP contribution in [0.1, 0.15) is 22.6 Å². The van der Waals surface area contributed by atoms with E-state index in [-0.39, 0.29) is 30.7 Å². The Morgan fingerprint density at radius 1 is 1.12 bits per heavy atom. The Labute approximate surface area is 203 Å². The third kappa shape index (κ3) is 3.86. The third-order valence-corrected chi connectivity index (χ3v) is 6.18. The van der Waals surface area contributed by atoms with Crippen molar-refractivity contribution in [3.63, 3.8) is 0 Å². The average Bonchev–Trinajstić information content (AvgIpc) is 3.29. The van der Waals surface area contributed by atoms with Crippen molar-refractivity contribution in [2.24, 2.45) is 5.73 Å². The summed E-state index contributed by atoms with van der Waals surface area (Å²) in [5, 5.41) is 9.87. The number of hydrogen-bond donors (Lipinski definition) is 1. The van der Waals surface area contributed by atoms with Crippen LogP contribution in [0.5, 0.6) is 28.7 Å². The molecule has 2 aliphatic rings. The summed E-state index contributed by atoms with van der Waals surface area (Å²) < 4.78 is 42.1. The predicted octanol–water partition coefficient (Wildman–Crippen LogP) is 5.12. The molecule has 9 heteroatoms. The highest BCUT2D eigenvalue weighted by Crippen LogP contribution is 2.50. The molecule has 3 aromatic carbocycles. The van der Waals surface area contributed by atoms with Gasteiger partial charge in [0.25, 0.3) is 0 Å². The lowest BCUT2D eigenvalue weighted by molar-refractivity contribution is 0.174. The molecule has 0 amide bonds. The topological polar surface area (TPSA) is 96.0 Å². The van der Waals surface area contributed by atoms with E-state index in [0.29, 0.717) is 38.8 Å². The maximum atomic E-state index is 13.2. The van der Waals surface area contributed by atoms with Gasteiger partial charge in [0, 0.05) is 11.6 Å². The van der Waals surface area contributed by atoms with Crippen molar-refractivity contribution in [3.8, 4) is 34.8 Å². The summed E-state index contributed by atoms with van der Waals surface area (Å²) in [4.78, 5) is 0. The second kappa shape index (κ2) is 8.80. The lowest BCUT2D eigenvalue weighted by atomic mass is 9.83. The summed E-state index contributed by atoms with van der Waals surface area (Å²) in [5.74, 6) is 1.71. The number of nitrogens with zero attached hydrogens (tertiary/aromatic N) is 1. The lowest BCUT2D eigenvalue weighted by Crippen LogP contribution is -2.21. The van der Waals surface area contributed by atoms with Gasteiger partial charge in [0.2, 0.25) is 12.7 Å². The molecule has 172 valence electrons. The van der Waals surface area contributed by atoms with Crippen molar-refractivity contribution in [1.82, 2.24) is 0 Å². The number of halogens is 2. The highest BCUT2D eigenvalue weighted by atomic mass is 79.9. The van der Waals surface area contributed by atoms with Gasteiger partial charge >= 0.3 is 0 Å². The van der Waals surface area contributed by atoms with E-state index in [2.05, 4.69) is 22.0 Å². The first kappa shape index (κ1) is 21.9. The van der Waals surface area contributed by atoms with E-state index in [0.717, 1.165) is 11.1 Å². The molecule has 34 heavy (non-hydrogen) atoms. The van der Waals surface area contributed by atoms with Gasteiger partial charge in [-0.05, 0) is 57.4 Å². The van der Waals surface area contributed by atoms with Crippen molar-refractivity contribution in [1.29, 1.82) is 5.26 Å². The molecule has 7 nitrogen and oxygen atoms in total. The van der Waals surface area contributed by atoms with Crippen LogP contribution in [0.2, 0.25) is 0 Å². The van der Waals surface area contributed by atoms with Crippen LogP contribution in [0.3, 0.4) is 0 Å². The minimum Gasteiger partial charge on any atom is -0.493 e. The number of methoxy groups -OCH3 is 1. The summed E-state index contributed by atoms with van der Waals surface area (Å²) in [6.45, 7) is 0.324. The van der Waals surface area contributed by atoms with Gasteiger partial charge in [0.15, 0.2) is 23.0 Å². The van der Waals surface area contributed by atoms with Gasteiger partial charge in [-0.25, -0.2) is 4.39 Å². The Balaban J connectivity index is 1.55. The maximum Gasteiger partial charge on any atom is 0.231 e. The Hall–Kier alpha value is -3.90. The number of fused-ring (bicyclic) bond motifs is 2. The molecule has 2 aliphatic heterocycles. The standard InChI is InChI=1S/C25H18BrFN2O5/c1-30-22-7-14(6-18(26)24(22)31-11-13-2-4-15(27)5-3-13)23-16-8-20-21(33-12-32-20)9-19(16)34-25(29)17(23)10-28/h2-9,23H,11-12,29H2,1H3/t23-/m1/s1. The van der Waals surface area contributed by atoms with Gasteiger partial charge in [-0.2, -0.15) is 5.26 Å². The molecule has 1 atom stereocenters. The minimum atomic E-state index is -0.528. The zero-order valence-corrected chi connectivity index (χ0v) is 19.5. The smallest absolute Gasteiger partial charge is 0.231 e. The number of nitriles is 1. The zero-order valence-electron chi connectivity index (χ0n) is 17.9. The van der Waals surface area contributed by atoms with Crippen LogP contribution >= 0.6 is 15.9 Å². The van der Waals surface area contributed by atoms with Crippen molar-refractivity contribution in [2.75, 3.05) is 13.9 Å². The highest BCUT2D eigenvalue weighted by Gasteiger charge is 2.34. The Kier molecular flexibility index (Phi) is 5.67. The van der Waals surface area contributed by atoms with Gasteiger partial charge in [0.1, 0.15) is 29.8 Å².